The predicted octanol–water partition coefficient (Wildman–Crippen LogP) is -0.861. The van der Waals surface area contributed by atoms with E-state index in [-0.39, 0.29) is 24.0 Å². The average molecular weight is 375 g/mol. The molecule has 2 aliphatic heterocycles. The number of nitrogens with one attached hydrogen (secondary N) is 4. The summed E-state index contributed by atoms with van der Waals surface area (Å²) in [5, 5.41) is 14.7. The highest BCUT2D eigenvalue weighted by molar-refractivity contribution is 5.82. The van der Waals surface area contributed by atoms with Gasteiger partial charge in [0.2, 0.25) is 11.8 Å². The van der Waals surface area contributed by atoms with Gasteiger partial charge in [-0.3, -0.25) is 19.9 Å². The lowest BCUT2D eigenvalue weighted by molar-refractivity contribution is -0.126. The smallest absolute Gasteiger partial charge is 0.245 e. The Balaban J connectivity index is 1.69. The first-order valence-electron chi connectivity index (χ1n) is 9.57. The highest BCUT2D eigenvalue weighted by Crippen LogP contribution is 2.28. The van der Waals surface area contributed by atoms with Gasteiger partial charge in [0.1, 0.15) is 6.61 Å². The summed E-state index contributed by atoms with van der Waals surface area (Å²) in [6, 6.07) is 10.0. The molecule has 2 saturated heterocycles. The van der Waals surface area contributed by atoms with Gasteiger partial charge < -0.3 is 15.7 Å². The molecular weight excluding hydrogens is 346 g/mol. The van der Waals surface area contributed by atoms with Crippen molar-refractivity contribution in [1.29, 1.82) is 0 Å². The standard InChI is InChI=1S/C19H29N5O3/c1-2-20-19(27)16-8-15(22-17(26)12-25)11-24(16)10-14-9-21-23-18(14)13-6-4-3-5-7-13/h3-7,14-16,18,21,23,25H,2,8-12H2,1H3,(H,20,27)(H,22,26)/t14?,15-,16+,18?/m1/s1. The van der Waals surface area contributed by atoms with E-state index in [9.17, 15) is 9.59 Å². The Morgan fingerprint density at radius 3 is 2.78 bits per heavy atom. The summed E-state index contributed by atoms with van der Waals surface area (Å²) < 4.78 is 0. The number of hydrogen-bond donors (Lipinski definition) is 5. The van der Waals surface area contributed by atoms with Crippen LogP contribution in [0.2, 0.25) is 0 Å². The fraction of sp³-hybridized carbons (Fsp3) is 0.579. The van der Waals surface area contributed by atoms with E-state index < -0.39 is 12.5 Å². The largest absolute Gasteiger partial charge is 0.387 e. The number of hydrogen-bond acceptors (Lipinski definition) is 6. The summed E-state index contributed by atoms with van der Waals surface area (Å²) in [7, 11) is 0. The second-order valence-corrected chi connectivity index (χ2v) is 7.20. The molecule has 8 heteroatoms. The number of hydrazine groups is 1. The first kappa shape index (κ1) is 19.8. The fourth-order valence-electron chi connectivity index (χ4n) is 4.07. The quantitative estimate of drug-likeness (QED) is 0.425. The molecule has 2 fully saturated rings. The molecule has 1 aromatic rings. The van der Waals surface area contributed by atoms with E-state index in [1.54, 1.807) is 0 Å². The maximum absolute atomic E-state index is 12.5. The van der Waals surface area contributed by atoms with Crippen LogP contribution in [0, 0.1) is 5.92 Å². The Bertz CT molecular complexity index is 641. The van der Waals surface area contributed by atoms with Crippen molar-refractivity contribution in [2.75, 3.05) is 32.8 Å². The molecule has 0 saturated carbocycles. The Hall–Kier alpha value is -2.00. The van der Waals surface area contributed by atoms with Crippen molar-refractivity contribution in [3.05, 3.63) is 35.9 Å². The van der Waals surface area contributed by atoms with Gasteiger partial charge in [0.25, 0.3) is 0 Å². The Labute approximate surface area is 159 Å². The molecule has 4 atom stereocenters. The minimum absolute atomic E-state index is 0.00609. The third-order valence-electron chi connectivity index (χ3n) is 5.29. The van der Waals surface area contributed by atoms with Gasteiger partial charge in [-0.1, -0.05) is 30.3 Å². The van der Waals surface area contributed by atoms with Gasteiger partial charge >= 0.3 is 0 Å². The van der Waals surface area contributed by atoms with Crippen molar-refractivity contribution < 1.29 is 14.7 Å². The summed E-state index contributed by atoms with van der Waals surface area (Å²) in [4.78, 5) is 26.2. The molecule has 8 nitrogen and oxygen atoms in total. The maximum Gasteiger partial charge on any atom is 0.245 e. The highest BCUT2D eigenvalue weighted by atomic mass is 16.3. The molecule has 0 aliphatic carbocycles. The molecule has 148 valence electrons. The maximum atomic E-state index is 12.5. The summed E-state index contributed by atoms with van der Waals surface area (Å²) in [6.07, 6.45) is 0.557. The van der Waals surface area contributed by atoms with Crippen LogP contribution in [0.15, 0.2) is 30.3 Å². The Morgan fingerprint density at radius 1 is 1.30 bits per heavy atom. The molecule has 2 heterocycles. The van der Waals surface area contributed by atoms with E-state index in [0.717, 1.165) is 13.1 Å². The Kier molecular flexibility index (Phi) is 6.78. The van der Waals surface area contributed by atoms with E-state index in [2.05, 4.69) is 38.5 Å². The number of nitrogens with zero attached hydrogens (tertiary/aromatic N) is 1. The van der Waals surface area contributed by atoms with Crippen LogP contribution in [0.4, 0.5) is 0 Å². The topological polar surface area (TPSA) is 106 Å². The molecule has 2 amide bonds. The van der Waals surface area contributed by atoms with Crippen molar-refractivity contribution >= 4 is 11.8 Å². The van der Waals surface area contributed by atoms with E-state index in [4.69, 9.17) is 5.11 Å². The first-order chi connectivity index (χ1) is 13.1. The van der Waals surface area contributed by atoms with Crippen LogP contribution in [0.1, 0.15) is 24.9 Å². The van der Waals surface area contributed by atoms with Crippen molar-refractivity contribution in [3.63, 3.8) is 0 Å². The third-order valence-corrected chi connectivity index (χ3v) is 5.29. The first-order valence-corrected chi connectivity index (χ1v) is 9.57. The molecule has 2 unspecified atom stereocenters. The summed E-state index contributed by atoms with van der Waals surface area (Å²) >= 11 is 0. The lowest BCUT2D eigenvalue weighted by Crippen LogP contribution is -2.45. The molecule has 2 aliphatic rings. The van der Waals surface area contributed by atoms with Gasteiger partial charge in [0, 0.05) is 38.1 Å². The second-order valence-electron chi connectivity index (χ2n) is 7.20. The van der Waals surface area contributed by atoms with Crippen molar-refractivity contribution in [2.45, 2.75) is 31.5 Å². The van der Waals surface area contributed by atoms with Crippen molar-refractivity contribution in [2.24, 2.45) is 5.92 Å². The number of aliphatic hydroxyl groups is 1. The number of benzene rings is 1. The van der Waals surface area contributed by atoms with Crippen molar-refractivity contribution in [1.82, 2.24) is 26.4 Å². The normalized spacial score (nSPS) is 28.2. The number of likely N-dealkylation sites (tertiary alicyclic amines) is 1. The fourth-order valence-corrected chi connectivity index (χ4v) is 4.07. The van der Waals surface area contributed by atoms with E-state index in [1.807, 2.05) is 25.1 Å². The number of rotatable bonds is 7. The van der Waals surface area contributed by atoms with Crippen LogP contribution in [0.25, 0.3) is 0 Å². The lowest BCUT2D eigenvalue weighted by Gasteiger charge is -2.28. The Morgan fingerprint density at radius 2 is 2.07 bits per heavy atom. The average Bonchev–Trinajstić information content (AvgIpc) is 3.30. The zero-order valence-electron chi connectivity index (χ0n) is 15.6. The number of amides is 2. The van der Waals surface area contributed by atoms with E-state index >= 15 is 0 Å². The van der Waals surface area contributed by atoms with Gasteiger partial charge in [-0.2, -0.15) is 0 Å². The minimum atomic E-state index is -0.533. The molecule has 0 spiro atoms. The molecule has 0 radical (unpaired) electrons. The SMILES string of the molecule is CCNC(=O)[C@@H]1C[C@@H](NC(=O)CO)CN1CC1CNNC1c1ccccc1. The van der Waals surface area contributed by atoms with Gasteiger partial charge in [-0.25, -0.2) is 5.43 Å². The monoisotopic (exact) mass is 375 g/mol. The zero-order valence-corrected chi connectivity index (χ0v) is 15.6. The minimum Gasteiger partial charge on any atom is -0.387 e. The van der Waals surface area contributed by atoms with Crippen LogP contribution < -0.4 is 21.5 Å². The van der Waals surface area contributed by atoms with Crippen LogP contribution in [0.3, 0.4) is 0 Å². The van der Waals surface area contributed by atoms with Crippen molar-refractivity contribution in [3.8, 4) is 0 Å². The second kappa shape index (κ2) is 9.27. The predicted molar refractivity (Wildman–Crippen MR) is 101 cm³/mol. The molecule has 0 bridgehead atoms. The number of carbonyl (C=O) groups is 2. The molecule has 3 rings (SSSR count). The van der Waals surface area contributed by atoms with Crippen LogP contribution in [-0.2, 0) is 9.59 Å². The molecule has 5 N–H and O–H groups in total. The van der Waals surface area contributed by atoms with Gasteiger partial charge in [0.05, 0.1) is 12.1 Å². The van der Waals surface area contributed by atoms with E-state index in [1.165, 1.54) is 5.56 Å². The molecule has 27 heavy (non-hydrogen) atoms. The summed E-state index contributed by atoms with van der Waals surface area (Å²) in [6.45, 7) is 4.10. The van der Waals surface area contributed by atoms with E-state index in [0.29, 0.717) is 25.4 Å². The molecule has 0 aromatic heterocycles. The van der Waals surface area contributed by atoms with Crippen LogP contribution in [0.5, 0.6) is 0 Å². The zero-order chi connectivity index (χ0) is 19.2. The molecular formula is C19H29N5O3. The van der Waals surface area contributed by atoms with Crippen LogP contribution in [-0.4, -0.2) is 66.7 Å². The highest BCUT2D eigenvalue weighted by Gasteiger charge is 2.40. The number of aliphatic hydroxyl groups excluding tert-OH is 1. The number of carbonyl (C=O) groups excluding carboxylic acids is 2. The van der Waals surface area contributed by atoms with Gasteiger partial charge in [-0.15, -0.1) is 0 Å². The summed E-state index contributed by atoms with van der Waals surface area (Å²) in [5.41, 5.74) is 7.79. The van der Waals surface area contributed by atoms with Crippen LogP contribution >= 0.6 is 0 Å². The lowest BCUT2D eigenvalue weighted by atomic mass is 9.94. The molecule has 1 aromatic carbocycles. The number of likely N-dealkylation sites (N-methyl/N-ethyl adjacent to an activating group) is 1. The van der Waals surface area contributed by atoms with Gasteiger partial charge in [-0.05, 0) is 18.9 Å². The van der Waals surface area contributed by atoms with Gasteiger partial charge in [0.15, 0.2) is 0 Å². The third kappa shape index (κ3) is 4.84. The summed E-state index contributed by atoms with van der Waals surface area (Å²) in [5.74, 6) is -0.104.